The van der Waals surface area contributed by atoms with Crippen LogP contribution in [0.1, 0.15) is 17.0 Å². The Hall–Kier alpha value is -3.28. The number of aryl methyl sites for hydroxylation is 1. The second-order valence-electron chi connectivity index (χ2n) is 6.10. The zero-order valence-corrected chi connectivity index (χ0v) is 15.5. The van der Waals surface area contributed by atoms with E-state index in [0.717, 1.165) is 28.3 Å². The molecule has 0 aliphatic heterocycles. The van der Waals surface area contributed by atoms with Gasteiger partial charge in [0.05, 0.1) is 12.8 Å². The molecular formula is C21H23N3O3. The first-order valence-corrected chi connectivity index (χ1v) is 8.82. The van der Waals surface area contributed by atoms with Crippen LogP contribution in [-0.2, 0) is 13.0 Å². The van der Waals surface area contributed by atoms with Gasteiger partial charge >= 0.3 is 6.03 Å². The molecule has 3 rings (SSSR count). The molecule has 0 atom stereocenters. The van der Waals surface area contributed by atoms with Crippen LogP contribution in [0.4, 0.5) is 4.79 Å². The summed E-state index contributed by atoms with van der Waals surface area (Å²) in [6.07, 6.45) is 0.601. The lowest BCUT2D eigenvalue weighted by molar-refractivity contribution is 0.240. The predicted molar refractivity (Wildman–Crippen MR) is 104 cm³/mol. The number of benzene rings is 2. The zero-order chi connectivity index (χ0) is 19.1. The Balaban J connectivity index is 1.49. The van der Waals surface area contributed by atoms with E-state index in [-0.39, 0.29) is 6.03 Å². The number of carbonyl (C=O) groups excluding carboxylic acids is 1. The van der Waals surface area contributed by atoms with Crippen LogP contribution in [0.5, 0.6) is 5.75 Å². The van der Waals surface area contributed by atoms with Crippen molar-refractivity contribution in [1.82, 2.24) is 15.6 Å². The summed E-state index contributed by atoms with van der Waals surface area (Å²) in [4.78, 5) is 16.4. The van der Waals surface area contributed by atoms with E-state index in [1.165, 1.54) is 0 Å². The second-order valence-corrected chi connectivity index (χ2v) is 6.10. The van der Waals surface area contributed by atoms with Crippen LogP contribution in [0.3, 0.4) is 0 Å². The number of ether oxygens (including phenoxy) is 1. The first-order chi connectivity index (χ1) is 13.2. The van der Waals surface area contributed by atoms with Crippen LogP contribution in [0.25, 0.3) is 11.5 Å². The molecule has 6 nitrogen and oxygen atoms in total. The van der Waals surface area contributed by atoms with Crippen LogP contribution in [-0.4, -0.2) is 24.7 Å². The van der Waals surface area contributed by atoms with Gasteiger partial charge in [-0.3, -0.25) is 0 Å². The molecule has 0 radical (unpaired) electrons. The largest absolute Gasteiger partial charge is 0.497 e. The summed E-state index contributed by atoms with van der Waals surface area (Å²) in [5, 5.41) is 5.68. The van der Waals surface area contributed by atoms with Crippen LogP contribution in [0.15, 0.2) is 59.0 Å². The van der Waals surface area contributed by atoms with Crippen molar-refractivity contribution in [3.8, 4) is 17.2 Å². The lowest BCUT2D eigenvalue weighted by Crippen LogP contribution is -2.36. The van der Waals surface area contributed by atoms with E-state index < -0.39 is 0 Å². The minimum absolute atomic E-state index is 0.199. The minimum atomic E-state index is -0.199. The highest BCUT2D eigenvalue weighted by Gasteiger charge is 2.12. The van der Waals surface area contributed by atoms with Crippen molar-refractivity contribution in [3.05, 3.63) is 71.6 Å². The molecule has 2 amide bonds. The fourth-order valence-corrected chi connectivity index (χ4v) is 2.65. The zero-order valence-electron chi connectivity index (χ0n) is 15.5. The van der Waals surface area contributed by atoms with Crippen LogP contribution in [0, 0.1) is 6.92 Å². The molecule has 0 fully saturated rings. The maximum Gasteiger partial charge on any atom is 0.315 e. The fraction of sp³-hybridized carbons (Fsp3) is 0.238. The number of methoxy groups -OCH3 is 1. The van der Waals surface area contributed by atoms with E-state index in [0.29, 0.717) is 25.4 Å². The first kappa shape index (κ1) is 18.5. The summed E-state index contributed by atoms with van der Waals surface area (Å²) in [6.45, 7) is 2.86. The number of hydrogen-bond acceptors (Lipinski definition) is 4. The Labute approximate surface area is 158 Å². The van der Waals surface area contributed by atoms with Gasteiger partial charge in [0, 0.05) is 25.1 Å². The van der Waals surface area contributed by atoms with E-state index >= 15 is 0 Å². The number of nitrogens with one attached hydrogen (secondary N) is 2. The summed E-state index contributed by atoms with van der Waals surface area (Å²) in [5.74, 6) is 2.11. The highest BCUT2D eigenvalue weighted by atomic mass is 16.5. The Morgan fingerprint density at radius 1 is 1.07 bits per heavy atom. The maximum absolute atomic E-state index is 11.9. The van der Waals surface area contributed by atoms with Gasteiger partial charge in [0.15, 0.2) is 0 Å². The number of rotatable bonds is 7. The maximum atomic E-state index is 11.9. The van der Waals surface area contributed by atoms with Crippen molar-refractivity contribution >= 4 is 6.03 Å². The summed E-state index contributed by atoms with van der Waals surface area (Å²) in [7, 11) is 1.63. The molecule has 0 saturated carbocycles. The Kier molecular flexibility index (Phi) is 6.10. The third kappa shape index (κ3) is 5.10. The smallest absolute Gasteiger partial charge is 0.315 e. The lowest BCUT2D eigenvalue weighted by atomic mass is 10.2. The monoisotopic (exact) mass is 365 g/mol. The Bertz CT molecular complexity index is 873. The van der Waals surface area contributed by atoms with Crippen molar-refractivity contribution in [2.75, 3.05) is 13.7 Å². The van der Waals surface area contributed by atoms with Crippen molar-refractivity contribution in [3.63, 3.8) is 0 Å². The average molecular weight is 365 g/mol. The van der Waals surface area contributed by atoms with Gasteiger partial charge in [-0.2, -0.15) is 0 Å². The van der Waals surface area contributed by atoms with E-state index in [1.54, 1.807) is 7.11 Å². The molecule has 6 heteroatoms. The highest BCUT2D eigenvalue weighted by molar-refractivity contribution is 5.73. The van der Waals surface area contributed by atoms with Crippen LogP contribution >= 0.6 is 0 Å². The molecule has 0 aliphatic carbocycles. The normalized spacial score (nSPS) is 10.4. The van der Waals surface area contributed by atoms with Gasteiger partial charge in [-0.05, 0) is 36.8 Å². The van der Waals surface area contributed by atoms with Crippen LogP contribution < -0.4 is 15.4 Å². The van der Waals surface area contributed by atoms with Crippen molar-refractivity contribution in [1.29, 1.82) is 0 Å². The third-order valence-corrected chi connectivity index (χ3v) is 4.17. The quantitative estimate of drug-likeness (QED) is 0.669. The average Bonchev–Trinajstić information content (AvgIpc) is 3.08. The minimum Gasteiger partial charge on any atom is -0.497 e. The topological polar surface area (TPSA) is 76.4 Å². The Morgan fingerprint density at radius 3 is 2.52 bits per heavy atom. The van der Waals surface area contributed by atoms with Gasteiger partial charge in [-0.25, -0.2) is 9.78 Å². The van der Waals surface area contributed by atoms with Gasteiger partial charge < -0.3 is 19.8 Å². The second kappa shape index (κ2) is 8.89. The predicted octanol–water partition coefficient (Wildman–Crippen LogP) is 3.70. The molecule has 27 heavy (non-hydrogen) atoms. The molecule has 0 unspecified atom stereocenters. The van der Waals surface area contributed by atoms with Gasteiger partial charge in [0.25, 0.3) is 0 Å². The summed E-state index contributed by atoms with van der Waals surface area (Å²) in [6, 6.07) is 17.1. The molecule has 0 aliphatic rings. The number of hydrogen-bond donors (Lipinski definition) is 2. The summed E-state index contributed by atoms with van der Waals surface area (Å²) in [5.41, 5.74) is 2.78. The van der Waals surface area contributed by atoms with E-state index in [9.17, 15) is 4.79 Å². The van der Waals surface area contributed by atoms with Crippen molar-refractivity contribution in [2.24, 2.45) is 0 Å². The van der Waals surface area contributed by atoms with E-state index in [1.807, 2.05) is 61.5 Å². The molecule has 0 bridgehead atoms. The highest BCUT2D eigenvalue weighted by Crippen LogP contribution is 2.24. The third-order valence-electron chi connectivity index (χ3n) is 4.17. The first-order valence-electron chi connectivity index (χ1n) is 8.82. The molecule has 140 valence electrons. The molecule has 0 spiro atoms. The molecule has 2 aromatic carbocycles. The van der Waals surface area contributed by atoms with Gasteiger partial charge in [0.1, 0.15) is 11.5 Å². The molecule has 1 aromatic heterocycles. The number of aromatic nitrogens is 1. The standard InChI is InChI=1S/C21H23N3O3/c1-15-19(24-20(27-15)17-8-10-18(26-2)11-9-17)12-13-22-21(25)23-14-16-6-4-3-5-7-16/h3-11H,12-14H2,1-2H3,(H2,22,23,25). The van der Waals surface area contributed by atoms with Gasteiger partial charge in [-0.1, -0.05) is 30.3 Å². The van der Waals surface area contributed by atoms with Crippen molar-refractivity contribution in [2.45, 2.75) is 19.9 Å². The number of urea groups is 1. The number of carbonyl (C=O) groups is 1. The molecule has 0 saturated heterocycles. The van der Waals surface area contributed by atoms with Crippen molar-refractivity contribution < 1.29 is 13.9 Å². The molecule has 1 heterocycles. The summed E-state index contributed by atoms with van der Waals surface area (Å²) < 4.78 is 10.9. The number of oxazole rings is 1. The fourth-order valence-electron chi connectivity index (χ4n) is 2.65. The van der Waals surface area contributed by atoms with Gasteiger partial charge in [-0.15, -0.1) is 0 Å². The molecule has 2 N–H and O–H groups in total. The van der Waals surface area contributed by atoms with Crippen LogP contribution in [0.2, 0.25) is 0 Å². The lowest BCUT2D eigenvalue weighted by Gasteiger charge is -2.07. The van der Waals surface area contributed by atoms with E-state index in [2.05, 4.69) is 15.6 Å². The molecule has 3 aromatic rings. The van der Waals surface area contributed by atoms with E-state index in [4.69, 9.17) is 9.15 Å². The SMILES string of the molecule is COc1ccc(-c2nc(CCNC(=O)NCc3ccccc3)c(C)o2)cc1. The Morgan fingerprint density at radius 2 is 1.81 bits per heavy atom. The number of amides is 2. The van der Waals surface area contributed by atoms with Gasteiger partial charge in [0.2, 0.25) is 5.89 Å². The number of nitrogens with zero attached hydrogens (tertiary/aromatic N) is 1. The summed E-state index contributed by atoms with van der Waals surface area (Å²) >= 11 is 0. The molecular weight excluding hydrogens is 342 g/mol.